The highest BCUT2D eigenvalue weighted by molar-refractivity contribution is 6.30. The molecule has 4 nitrogen and oxygen atoms in total. The van der Waals surface area contributed by atoms with E-state index < -0.39 is 0 Å². The first-order valence-electron chi connectivity index (χ1n) is 7.72. The van der Waals surface area contributed by atoms with Gasteiger partial charge in [0.05, 0.1) is 5.69 Å². The van der Waals surface area contributed by atoms with Crippen molar-refractivity contribution in [3.05, 3.63) is 41.8 Å². The van der Waals surface area contributed by atoms with E-state index in [1.165, 1.54) is 19.3 Å². The lowest BCUT2D eigenvalue weighted by atomic mass is 9.95. The summed E-state index contributed by atoms with van der Waals surface area (Å²) in [5.74, 6) is 0. The van der Waals surface area contributed by atoms with Crippen LogP contribution in [0.15, 0.2) is 36.8 Å². The van der Waals surface area contributed by atoms with Crippen molar-refractivity contribution in [2.45, 2.75) is 38.1 Å². The summed E-state index contributed by atoms with van der Waals surface area (Å²) >= 11 is 5.90. The summed E-state index contributed by atoms with van der Waals surface area (Å²) in [4.78, 5) is 18.8. The summed E-state index contributed by atoms with van der Waals surface area (Å²) in [5, 5.41) is 0.691. The zero-order valence-electron chi connectivity index (χ0n) is 12.7. The molecule has 1 heterocycles. The number of carbonyl (C=O) groups excluding carboxylic acids is 1. The molecule has 0 bridgehead atoms. The first-order valence-corrected chi connectivity index (χ1v) is 8.10. The standard InChI is InChI=1S/C17H20ClN3O/c1-20(15-5-3-2-4-6-15)17(22)21-11-16(19-12-21)13-7-9-14(18)10-8-13/h7-12,15H,2-6H2,1H3. The van der Waals surface area contributed by atoms with Gasteiger partial charge in [0.25, 0.3) is 0 Å². The molecule has 0 atom stereocenters. The van der Waals surface area contributed by atoms with E-state index in [0.717, 1.165) is 24.1 Å². The zero-order valence-corrected chi connectivity index (χ0v) is 13.5. The Labute approximate surface area is 135 Å². The van der Waals surface area contributed by atoms with E-state index in [2.05, 4.69) is 4.98 Å². The summed E-state index contributed by atoms with van der Waals surface area (Å²) in [6.07, 6.45) is 9.27. The Hall–Kier alpha value is -1.81. The van der Waals surface area contributed by atoms with Crippen LogP contribution in [0.25, 0.3) is 11.3 Å². The maximum atomic E-state index is 12.6. The van der Waals surface area contributed by atoms with Gasteiger partial charge in [-0.3, -0.25) is 4.57 Å². The average Bonchev–Trinajstić information content (AvgIpc) is 3.05. The van der Waals surface area contributed by atoms with Gasteiger partial charge in [-0.05, 0) is 25.0 Å². The molecule has 0 saturated heterocycles. The van der Waals surface area contributed by atoms with Crippen LogP contribution in [0.5, 0.6) is 0 Å². The number of benzene rings is 1. The summed E-state index contributed by atoms with van der Waals surface area (Å²) in [6.45, 7) is 0. The SMILES string of the molecule is CN(C(=O)n1cnc(-c2ccc(Cl)cc2)c1)C1CCCCC1. The average molecular weight is 318 g/mol. The number of rotatable bonds is 2. The molecule has 1 aromatic carbocycles. The molecule has 1 amide bonds. The molecule has 1 aliphatic rings. The Morgan fingerprint density at radius 1 is 1.23 bits per heavy atom. The van der Waals surface area contributed by atoms with Gasteiger partial charge < -0.3 is 4.90 Å². The van der Waals surface area contributed by atoms with Crippen molar-refractivity contribution in [3.8, 4) is 11.3 Å². The van der Waals surface area contributed by atoms with Crippen LogP contribution in [0.1, 0.15) is 32.1 Å². The van der Waals surface area contributed by atoms with Crippen LogP contribution < -0.4 is 0 Å². The summed E-state index contributed by atoms with van der Waals surface area (Å²) in [7, 11) is 1.89. The number of carbonyl (C=O) groups is 1. The highest BCUT2D eigenvalue weighted by atomic mass is 35.5. The lowest BCUT2D eigenvalue weighted by molar-refractivity contribution is 0.175. The van der Waals surface area contributed by atoms with Crippen LogP contribution in [0.4, 0.5) is 4.79 Å². The van der Waals surface area contributed by atoms with E-state index in [9.17, 15) is 4.79 Å². The molecule has 0 aliphatic heterocycles. The van der Waals surface area contributed by atoms with Crippen molar-refractivity contribution in [2.24, 2.45) is 0 Å². The van der Waals surface area contributed by atoms with Crippen molar-refractivity contribution in [2.75, 3.05) is 7.05 Å². The fraction of sp³-hybridized carbons (Fsp3) is 0.412. The molecule has 3 rings (SSSR count). The first-order chi connectivity index (χ1) is 10.6. The molecule has 116 valence electrons. The minimum Gasteiger partial charge on any atom is -0.324 e. The Morgan fingerprint density at radius 3 is 2.59 bits per heavy atom. The molecular formula is C17H20ClN3O. The molecule has 1 aromatic heterocycles. The lowest BCUT2D eigenvalue weighted by Gasteiger charge is -2.31. The van der Waals surface area contributed by atoms with Gasteiger partial charge >= 0.3 is 6.03 Å². The predicted molar refractivity (Wildman–Crippen MR) is 88.1 cm³/mol. The molecule has 0 N–H and O–H groups in total. The van der Waals surface area contributed by atoms with Gasteiger partial charge in [-0.15, -0.1) is 0 Å². The van der Waals surface area contributed by atoms with Gasteiger partial charge in [-0.1, -0.05) is 43.0 Å². The largest absolute Gasteiger partial charge is 0.329 e. The quantitative estimate of drug-likeness (QED) is 0.821. The highest BCUT2D eigenvalue weighted by Crippen LogP contribution is 2.23. The maximum absolute atomic E-state index is 12.6. The summed E-state index contributed by atoms with van der Waals surface area (Å²) < 4.78 is 1.57. The van der Waals surface area contributed by atoms with Crippen LogP contribution >= 0.6 is 11.6 Å². The maximum Gasteiger partial charge on any atom is 0.329 e. The Kier molecular flexibility index (Phi) is 4.48. The number of halogens is 1. The van der Waals surface area contributed by atoms with Crippen LogP contribution in [0.3, 0.4) is 0 Å². The topological polar surface area (TPSA) is 38.1 Å². The van der Waals surface area contributed by atoms with Crippen molar-refractivity contribution in [1.29, 1.82) is 0 Å². The monoisotopic (exact) mass is 317 g/mol. The molecule has 5 heteroatoms. The fourth-order valence-corrected chi connectivity index (χ4v) is 3.13. The van der Waals surface area contributed by atoms with Gasteiger partial charge in [0.1, 0.15) is 6.33 Å². The van der Waals surface area contributed by atoms with Crippen molar-refractivity contribution >= 4 is 17.6 Å². The van der Waals surface area contributed by atoms with Gasteiger partial charge in [0.15, 0.2) is 0 Å². The van der Waals surface area contributed by atoms with Crippen LogP contribution in [-0.2, 0) is 0 Å². The number of nitrogens with zero attached hydrogens (tertiary/aromatic N) is 3. The van der Waals surface area contributed by atoms with E-state index in [1.807, 2.05) is 36.2 Å². The summed E-state index contributed by atoms with van der Waals surface area (Å²) in [6, 6.07) is 7.80. The molecule has 22 heavy (non-hydrogen) atoms. The van der Waals surface area contributed by atoms with Gasteiger partial charge in [-0.2, -0.15) is 0 Å². The molecular weight excluding hydrogens is 298 g/mol. The predicted octanol–water partition coefficient (Wildman–Crippen LogP) is 4.44. The number of hydrogen-bond donors (Lipinski definition) is 0. The van der Waals surface area contributed by atoms with Crippen LogP contribution in [-0.4, -0.2) is 33.6 Å². The third kappa shape index (κ3) is 3.17. The third-order valence-electron chi connectivity index (χ3n) is 4.37. The first kappa shape index (κ1) is 15.1. The lowest BCUT2D eigenvalue weighted by Crippen LogP contribution is -2.40. The van der Waals surface area contributed by atoms with E-state index in [-0.39, 0.29) is 6.03 Å². The molecule has 1 saturated carbocycles. The fourth-order valence-electron chi connectivity index (χ4n) is 3.00. The van der Waals surface area contributed by atoms with E-state index in [4.69, 9.17) is 11.6 Å². The number of hydrogen-bond acceptors (Lipinski definition) is 2. The Morgan fingerprint density at radius 2 is 1.91 bits per heavy atom. The van der Waals surface area contributed by atoms with E-state index in [0.29, 0.717) is 11.1 Å². The third-order valence-corrected chi connectivity index (χ3v) is 4.62. The molecule has 0 unspecified atom stereocenters. The van der Waals surface area contributed by atoms with Crippen molar-refractivity contribution in [3.63, 3.8) is 0 Å². The second kappa shape index (κ2) is 6.53. The van der Waals surface area contributed by atoms with E-state index >= 15 is 0 Å². The Balaban J connectivity index is 1.75. The number of aromatic nitrogens is 2. The molecule has 1 aliphatic carbocycles. The normalized spacial score (nSPS) is 15.7. The summed E-state index contributed by atoms with van der Waals surface area (Å²) in [5.41, 5.74) is 1.73. The number of imidazole rings is 1. The Bertz CT molecular complexity index is 644. The second-order valence-electron chi connectivity index (χ2n) is 5.86. The van der Waals surface area contributed by atoms with Gasteiger partial charge in [-0.25, -0.2) is 9.78 Å². The molecule has 0 radical (unpaired) electrons. The highest BCUT2D eigenvalue weighted by Gasteiger charge is 2.23. The minimum atomic E-state index is -0.0142. The second-order valence-corrected chi connectivity index (χ2v) is 6.29. The molecule has 1 fully saturated rings. The zero-order chi connectivity index (χ0) is 15.5. The smallest absolute Gasteiger partial charge is 0.324 e. The van der Waals surface area contributed by atoms with Crippen molar-refractivity contribution in [1.82, 2.24) is 14.5 Å². The van der Waals surface area contributed by atoms with Crippen LogP contribution in [0, 0.1) is 0 Å². The van der Waals surface area contributed by atoms with Gasteiger partial charge in [0, 0.05) is 29.9 Å². The van der Waals surface area contributed by atoms with Crippen LogP contribution in [0.2, 0.25) is 5.02 Å². The number of amides is 1. The molecule has 2 aromatic rings. The minimum absolute atomic E-state index is 0.0142. The van der Waals surface area contributed by atoms with E-state index in [1.54, 1.807) is 17.1 Å². The molecule has 0 spiro atoms. The van der Waals surface area contributed by atoms with Crippen molar-refractivity contribution < 1.29 is 4.79 Å². The van der Waals surface area contributed by atoms with Gasteiger partial charge in [0.2, 0.25) is 0 Å².